The van der Waals surface area contributed by atoms with Crippen molar-refractivity contribution in [2.45, 2.75) is 0 Å². The van der Waals surface area contributed by atoms with Crippen molar-refractivity contribution in [3.8, 4) is 33.6 Å². The van der Waals surface area contributed by atoms with Crippen LogP contribution in [0.25, 0.3) is 108 Å². The van der Waals surface area contributed by atoms with Crippen molar-refractivity contribution in [1.82, 2.24) is 9.13 Å². The van der Waals surface area contributed by atoms with Gasteiger partial charge in [0.2, 0.25) is 0 Å². The molecule has 0 saturated carbocycles. The smallest absolute Gasteiger partial charge is 0.0720 e. The van der Waals surface area contributed by atoms with Gasteiger partial charge >= 0.3 is 0 Å². The van der Waals surface area contributed by atoms with Crippen molar-refractivity contribution >= 4 is 85.9 Å². The summed E-state index contributed by atoms with van der Waals surface area (Å²) in [6, 6.07) is 71.4. The first-order valence-corrected chi connectivity index (χ1v) is 19.7. The van der Waals surface area contributed by atoms with Gasteiger partial charge in [0.1, 0.15) is 0 Å². The van der Waals surface area contributed by atoms with E-state index in [1.807, 2.05) is 11.3 Å². The van der Waals surface area contributed by atoms with E-state index >= 15 is 0 Å². The van der Waals surface area contributed by atoms with Crippen molar-refractivity contribution in [3.63, 3.8) is 0 Å². The minimum atomic E-state index is 1.17. The van der Waals surface area contributed by atoms with Crippen LogP contribution in [-0.2, 0) is 0 Å². The van der Waals surface area contributed by atoms with Gasteiger partial charge in [-0.05, 0) is 93.7 Å². The number of fused-ring (bicyclic) bond motifs is 11. The molecular weight excluding hydrogens is 685 g/mol. The molecule has 2 nitrogen and oxygen atoms in total. The third kappa shape index (κ3) is 4.54. The summed E-state index contributed by atoms with van der Waals surface area (Å²) in [7, 11) is 0. The van der Waals surface area contributed by atoms with Gasteiger partial charge in [-0.25, -0.2) is 0 Å². The standard InChI is InChI=1S/C52H32N2S/c1-2-12-33(13-3-1)35-22-26-38(27-23-35)54-47-20-10-7-17-41(47)45-32-43(50-42-18-8-11-21-49(42)55-52(50)51(45)54)37-25-29-48-44(31-37)40-16-6-9-19-46(40)53(48)39-28-24-34-14-4-5-15-36(34)30-39/h1-32H. The summed E-state index contributed by atoms with van der Waals surface area (Å²) in [6.07, 6.45) is 0. The van der Waals surface area contributed by atoms with Crippen molar-refractivity contribution in [1.29, 1.82) is 0 Å². The molecule has 12 rings (SSSR count). The SMILES string of the molecule is c1ccc(-c2ccc(-n3c4ccccc4c4cc(-c5ccc6c(c5)c5ccccc5n6-c5ccc6ccccc6c5)c5c6ccccc6sc5c43)cc2)cc1. The molecule has 0 atom stereocenters. The van der Waals surface area contributed by atoms with Gasteiger partial charge < -0.3 is 9.13 Å². The Labute approximate surface area is 321 Å². The molecule has 0 N–H and O–H groups in total. The van der Waals surface area contributed by atoms with Gasteiger partial charge in [-0.1, -0.05) is 133 Å². The zero-order valence-electron chi connectivity index (χ0n) is 29.8. The summed E-state index contributed by atoms with van der Waals surface area (Å²) < 4.78 is 7.53. The van der Waals surface area contributed by atoms with E-state index in [1.165, 1.54) is 108 Å². The Morgan fingerprint density at radius 3 is 1.76 bits per heavy atom. The van der Waals surface area contributed by atoms with E-state index in [-0.39, 0.29) is 0 Å². The quantitative estimate of drug-likeness (QED) is 0.172. The molecule has 0 unspecified atom stereocenters. The minimum Gasteiger partial charge on any atom is -0.309 e. The van der Waals surface area contributed by atoms with Crippen LogP contribution in [0.3, 0.4) is 0 Å². The molecule has 0 fully saturated rings. The molecule has 0 aliphatic heterocycles. The normalized spacial score (nSPS) is 12.0. The Hall–Kier alpha value is -6.94. The lowest BCUT2D eigenvalue weighted by Gasteiger charge is -2.12. The highest BCUT2D eigenvalue weighted by Crippen LogP contribution is 2.48. The molecule has 9 aromatic carbocycles. The monoisotopic (exact) mass is 716 g/mol. The highest BCUT2D eigenvalue weighted by molar-refractivity contribution is 7.26. The Morgan fingerprint density at radius 1 is 0.345 bits per heavy atom. The number of benzene rings is 9. The Kier molecular flexibility index (Phi) is 6.54. The summed E-state index contributed by atoms with van der Waals surface area (Å²) in [4.78, 5) is 0. The third-order valence-electron chi connectivity index (χ3n) is 11.5. The fraction of sp³-hybridized carbons (Fsp3) is 0. The van der Waals surface area contributed by atoms with Gasteiger partial charge in [-0.15, -0.1) is 11.3 Å². The van der Waals surface area contributed by atoms with Crippen LogP contribution in [0.2, 0.25) is 0 Å². The van der Waals surface area contributed by atoms with Crippen molar-refractivity contribution in [3.05, 3.63) is 194 Å². The second-order valence-electron chi connectivity index (χ2n) is 14.5. The Bertz CT molecular complexity index is 3470. The Morgan fingerprint density at radius 2 is 0.945 bits per heavy atom. The molecule has 0 saturated heterocycles. The van der Waals surface area contributed by atoms with Crippen LogP contribution >= 0.6 is 11.3 Å². The number of rotatable bonds is 4. The van der Waals surface area contributed by atoms with Gasteiger partial charge in [-0.3, -0.25) is 0 Å². The first-order valence-electron chi connectivity index (χ1n) is 18.8. The molecule has 0 aliphatic rings. The highest BCUT2D eigenvalue weighted by Gasteiger charge is 2.22. The van der Waals surface area contributed by atoms with Gasteiger partial charge in [0.05, 0.1) is 26.8 Å². The molecule has 3 aromatic heterocycles. The molecule has 256 valence electrons. The summed E-state index contributed by atoms with van der Waals surface area (Å²) in [5.74, 6) is 0. The first kappa shape index (κ1) is 30.5. The lowest BCUT2D eigenvalue weighted by molar-refractivity contribution is 1.19. The molecule has 3 heterocycles. The highest BCUT2D eigenvalue weighted by atomic mass is 32.1. The van der Waals surface area contributed by atoms with Crippen LogP contribution < -0.4 is 0 Å². The minimum absolute atomic E-state index is 1.17. The molecule has 12 aromatic rings. The fourth-order valence-corrected chi connectivity index (χ4v) is 10.3. The third-order valence-corrected chi connectivity index (χ3v) is 12.7. The topological polar surface area (TPSA) is 9.86 Å². The Balaban J connectivity index is 1.13. The van der Waals surface area contributed by atoms with E-state index in [2.05, 4.69) is 203 Å². The number of nitrogens with zero attached hydrogens (tertiary/aromatic N) is 2. The van der Waals surface area contributed by atoms with Gasteiger partial charge in [0.25, 0.3) is 0 Å². The van der Waals surface area contributed by atoms with Gasteiger partial charge in [-0.2, -0.15) is 0 Å². The second-order valence-corrected chi connectivity index (χ2v) is 15.6. The molecule has 55 heavy (non-hydrogen) atoms. The molecule has 0 aliphatic carbocycles. The van der Waals surface area contributed by atoms with E-state index in [4.69, 9.17) is 0 Å². The maximum Gasteiger partial charge on any atom is 0.0720 e. The van der Waals surface area contributed by atoms with Crippen LogP contribution in [0.4, 0.5) is 0 Å². The second kappa shape index (κ2) is 11.8. The zero-order valence-corrected chi connectivity index (χ0v) is 30.6. The van der Waals surface area contributed by atoms with Crippen molar-refractivity contribution in [2.75, 3.05) is 0 Å². The predicted molar refractivity (Wildman–Crippen MR) is 236 cm³/mol. The fourth-order valence-electron chi connectivity index (χ4n) is 8.99. The largest absolute Gasteiger partial charge is 0.309 e. The molecule has 3 heteroatoms. The van der Waals surface area contributed by atoms with E-state index < -0.39 is 0 Å². The van der Waals surface area contributed by atoms with E-state index in [0.29, 0.717) is 0 Å². The van der Waals surface area contributed by atoms with Crippen LogP contribution in [0.5, 0.6) is 0 Å². The number of thiophene rings is 1. The molecule has 0 spiro atoms. The summed E-state index contributed by atoms with van der Waals surface area (Å²) in [5.41, 5.74) is 12.2. The van der Waals surface area contributed by atoms with Crippen LogP contribution in [0.15, 0.2) is 194 Å². The summed E-state index contributed by atoms with van der Waals surface area (Å²) >= 11 is 1.91. The van der Waals surface area contributed by atoms with E-state index in [9.17, 15) is 0 Å². The van der Waals surface area contributed by atoms with Crippen molar-refractivity contribution in [2.24, 2.45) is 0 Å². The maximum absolute atomic E-state index is 2.49. The summed E-state index contributed by atoms with van der Waals surface area (Å²) in [6.45, 7) is 0. The average molecular weight is 717 g/mol. The summed E-state index contributed by atoms with van der Waals surface area (Å²) in [5, 5.41) is 10.2. The zero-order chi connectivity index (χ0) is 36.0. The molecule has 0 bridgehead atoms. The van der Waals surface area contributed by atoms with Gasteiger partial charge in [0, 0.05) is 48.4 Å². The lowest BCUT2D eigenvalue weighted by atomic mass is 9.95. The molecular formula is C52H32N2S. The van der Waals surface area contributed by atoms with Crippen molar-refractivity contribution < 1.29 is 0 Å². The van der Waals surface area contributed by atoms with Crippen LogP contribution in [-0.4, -0.2) is 9.13 Å². The molecule has 0 amide bonds. The molecule has 0 radical (unpaired) electrons. The van der Waals surface area contributed by atoms with Crippen LogP contribution in [0, 0.1) is 0 Å². The predicted octanol–water partition coefficient (Wildman–Crippen LogP) is 14.7. The maximum atomic E-state index is 2.49. The van der Waals surface area contributed by atoms with E-state index in [1.54, 1.807) is 0 Å². The number of para-hydroxylation sites is 2. The van der Waals surface area contributed by atoms with E-state index in [0.717, 1.165) is 0 Å². The average Bonchev–Trinajstić information content (AvgIpc) is 3.91. The first-order chi connectivity index (χ1) is 27.3. The lowest BCUT2D eigenvalue weighted by Crippen LogP contribution is -1.94. The number of aromatic nitrogens is 2. The number of hydrogen-bond donors (Lipinski definition) is 0. The van der Waals surface area contributed by atoms with Gasteiger partial charge in [0.15, 0.2) is 0 Å². The number of hydrogen-bond acceptors (Lipinski definition) is 1. The van der Waals surface area contributed by atoms with Crippen LogP contribution in [0.1, 0.15) is 0 Å².